The number of ether oxygens (including phenoxy) is 1. The van der Waals surface area contributed by atoms with Crippen LogP contribution in [-0.4, -0.2) is 28.3 Å². The maximum Gasteiger partial charge on any atom is 0.307 e. The molecule has 4 unspecified atom stereocenters. The fourth-order valence-corrected chi connectivity index (χ4v) is 2.82. The largest absolute Gasteiger partial charge is 0.481 e. The number of hydrogen-bond donors (Lipinski definition) is 1. The van der Waals surface area contributed by atoms with Crippen LogP contribution >= 0.6 is 0 Å². The van der Waals surface area contributed by atoms with Crippen molar-refractivity contribution < 1.29 is 19.2 Å². The first kappa shape index (κ1) is 14.0. The zero-order valence-electron chi connectivity index (χ0n) is 11.5. The number of carboxylic acids is 1. The Bertz CT molecular complexity index is 442. The van der Waals surface area contributed by atoms with Gasteiger partial charge in [0.25, 0.3) is 0 Å². The molecule has 0 bridgehead atoms. The van der Waals surface area contributed by atoms with Crippen molar-refractivity contribution in [2.24, 2.45) is 11.8 Å². The maximum atomic E-state index is 11.3. The number of carboxylic acid groups (broad SMARTS) is 1. The van der Waals surface area contributed by atoms with Crippen LogP contribution in [0.3, 0.4) is 0 Å². The van der Waals surface area contributed by atoms with Gasteiger partial charge in [-0.2, -0.15) is 4.98 Å². The molecule has 1 aliphatic carbocycles. The molecule has 106 valence electrons. The number of methoxy groups -OCH3 is 1. The highest BCUT2D eigenvalue weighted by Crippen LogP contribution is 2.42. The number of carbonyl (C=O) groups is 1. The first-order valence-corrected chi connectivity index (χ1v) is 6.65. The van der Waals surface area contributed by atoms with Crippen molar-refractivity contribution in [3.8, 4) is 0 Å². The second-order valence-corrected chi connectivity index (χ2v) is 5.25. The average molecular weight is 268 g/mol. The van der Waals surface area contributed by atoms with Gasteiger partial charge < -0.3 is 14.4 Å². The van der Waals surface area contributed by atoms with Gasteiger partial charge >= 0.3 is 5.97 Å². The van der Waals surface area contributed by atoms with E-state index in [0.29, 0.717) is 24.1 Å². The Labute approximate surface area is 112 Å². The Kier molecular flexibility index (Phi) is 4.19. The lowest BCUT2D eigenvalue weighted by atomic mass is 9.96. The molecule has 1 aliphatic rings. The van der Waals surface area contributed by atoms with Crippen LogP contribution < -0.4 is 0 Å². The van der Waals surface area contributed by atoms with Crippen molar-refractivity contribution in [3.05, 3.63) is 11.7 Å². The zero-order chi connectivity index (χ0) is 14.0. The molecule has 0 saturated heterocycles. The smallest absolute Gasteiger partial charge is 0.307 e. The number of hydrogen-bond acceptors (Lipinski definition) is 5. The molecule has 0 aliphatic heterocycles. The summed E-state index contributed by atoms with van der Waals surface area (Å²) in [7, 11) is 1.60. The van der Waals surface area contributed by atoms with Crippen LogP contribution in [0.2, 0.25) is 0 Å². The van der Waals surface area contributed by atoms with Gasteiger partial charge in [0.1, 0.15) is 6.10 Å². The topological polar surface area (TPSA) is 85.5 Å². The number of aliphatic carboxylic acids is 1. The van der Waals surface area contributed by atoms with Gasteiger partial charge in [-0.15, -0.1) is 0 Å². The number of rotatable bonds is 5. The van der Waals surface area contributed by atoms with Gasteiger partial charge in [-0.3, -0.25) is 4.79 Å². The van der Waals surface area contributed by atoms with Crippen LogP contribution in [-0.2, 0) is 9.53 Å². The molecule has 6 nitrogen and oxygen atoms in total. The Hall–Kier alpha value is -1.43. The van der Waals surface area contributed by atoms with Crippen molar-refractivity contribution in [2.75, 3.05) is 7.11 Å². The molecule has 0 radical (unpaired) electrons. The summed E-state index contributed by atoms with van der Waals surface area (Å²) in [5, 5.41) is 13.2. The van der Waals surface area contributed by atoms with Crippen LogP contribution in [0.4, 0.5) is 0 Å². The average Bonchev–Trinajstić information content (AvgIpc) is 2.97. The van der Waals surface area contributed by atoms with E-state index < -0.39 is 11.9 Å². The van der Waals surface area contributed by atoms with Gasteiger partial charge in [-0.05, 0) is 25.2 Å². The summed E-state index contributed by atoms with van der Waals surface area (Å²) < 4.78 is 10.5. The fraction of sp³-hybridized carbons (Fsp3) is 0.769. The predicted octanol–water partition coefficient (Wildman–Crippen LogP) is 2.38. The van der Waals surface area contributed by atoms with Crippen LogP contribution in [0.25, 0.3) is 0 Å². The molecule has 2 rings (SSSR count). The van der Waals surface area contributed by atoms with Crippen LogP contribution in [0.1, 0.15) is 56.8 Å². The summed E-state index contributed by atoms with van der Waals surface area (Å²) in [5.41, 5.74) is 0. The van der Waals surface area contributed by atoms with E-state index in [4.69, 9.17) is 9.26 Å². The molecule has 1 N–H and O–H groups in total. The van der Waals surface area contributed by atoms with Gasteiger partial charge in [0.2, 0.25) is 11.7 Å². The van der Waals surface area contributed by atoms with E-state index in [1.54, 1.807) is 7.11 Å². The van der Waals surface area contributed by atoms with E-state index in [0.717, 1.165) is 12.8 Å². The molecule has 19 heavy (non-hydrogen) atoms. The van der Waals surface area contributed by atoms with Crippen LogP contribution in [0.5, 0.6) is 0 Å². The molecular formula is C13H20N2O4. The Morgan fingerprint density at radius 2 is 2.32 bits per heavy atom. The highest BCUT2D eigenvalue weighted by Gasteiger charge is 2.41. The highest BCUT2D eigenvalue weighted by molar-refractivity contribution is 5.71. The minimum Gasteiger partial charge on any atom is -0.481 e. The summed E-state index contributed by atoms with van der Waals surface area (Å²) in [6.07, 6.45) is 2.00. The Morgan fingerprint density at radius 3 is 2.89 bits per heavy atom. The fourth-order valence-electron chi connectivity index (χ4n) is 2.82. The normalized spacial score (nSPS) is 28.5. The van der Waals surface area contributed by atoms with E-state index in [2.05, 4.69) is 17.1 Å². The number of aromatic nitrogens is 2. The van der Waals surface area contributed by atoms with E-state index >= 15 is 0 Å². The van der Waals surface area contributed by atoms with Crippen molar-refractivity contribution in [3.63, 3.8) is 0 Å². The van der Waals surface area contributed by atoms with Crippen molar-refractivity contribution in [1.82, 2.24) is 10.1 Å². The van der Waals surface area contributed by atoms with E-state index in [1.807, 2.05) is 6.92 Å². The first-order valence-electron chi connectivity index (χ1n) is 6.65. The third-order valence-electron chi connectivity index (χ3n) is 3.83. The Balaban J connectivity index is 2.19. The highest BCUT2D eigenvalue weighted by atomic mass is 16.5. The SMILES string of the molecule is CCC(OC)c1noc(C2CC(C)CC2C(=O)O)n1. The summed E-state index contributed by atoms with van der Waals surface area (Å²) >= 11 is 0. The standard InChI is InChI=1S/C13H20N2O4/c1-4-10(18-3)11-14-12(19-15-11)8-5-7(2)6-9(8)13(16)17/h7-10H,4-6H2,1-3H3,(H,16,17). The molecule has 0 aromatic carbocycles. The van der Waals surface area contributed by atoms with Crippen LogP contribution in [0, 0.1) is 11.8 Å². The molecule has 6 heteroatoms. The third kappa shape index (κ3) is 2.78. The molecule has 1 aromatic heterocycles. The lowest BCUT2D eigenvalue weighted by Crippen LogP contribution is -2.17. The molecular weight excluding hydrogens is 248 g/mol. The molecule has 0 amide bonds. The van der Waals surface area contributed by atoms with Crippen molar-refractivity contribution in [1.29, 1.82) is 0 Å². The van der Waals surface area contributed by atoms with Gasteiger partial charge in [-0.25, -0.2) is 0 Å². The molecule has 1 heterocycles. The molecule has 1 aromatic rings. The lowest BCUT2D eigenvalue weighted by Gasteiger charge is -2.10. The van der Waals surface area contributed by atoms with Crippen LogP contribution in [0.15, 0.2) is 4.52 Å². The second kappa shape index (κ2) is 5.69. The molecule has 1 saturated carbocycles. The van der Waals surface area contributed by atoms with Crippen molar-refractivity contribution >= 4 is 5.97 Å². The van der Waals surface area contributed by atoms with Gasteiger partial charge in [0, 0.05) is 7.11 Å². The van der Waals surface area contributed by atoms with E-state index in [-0.39, 0.29) is 12.0 Å². The number of nitrogens with zero attached hydrogens (tertiary/aromatic N) is 2. The zero-order valence-corrected chi connectivity index (χ0v) is 11.5. The van der Waals surface area contributed by atoms with E-state index in [9.17, 15) is 9.90 Å². The third-order valence-corrected chi connectivity index (χ3v) is 3.83. The Morgan fingerprint density at radius 1 is 1.58 bits per heavy atom. The minimum absolute atomic E-state index is 0.178. The van der Waals surface area contributed by atoms with Crippen molar-refractivity contribution in [2.45, 2.75) is 45.1 Å². The molecule has 0 spiro atoms. The maximum absolute atomic E-state index is 11.3. The summed E-state index contributed by atoms with van der Waals surface area (Å²) in [5.74, 6) is -0.0845. The minimum atomic E-state index is -0.784. The first-order chi connectivity index (χ1) is 9.06. The van der Waals surface area contributed by atoms with E-state index in [1.165, 1.54) is 0 Å². The quantitative estimate of drug-likeness (QED) is 0.882. The second-order valence-electron chi connectivity index (χ2n) is 5.25. The van der Waals surface area contributed by atoms with Gasteiger partial charge in [0.05, 0.1) is 11.8 Å². The van der Waals surface area contributed by atoms with Gasteiger partial charge in [0.15, 0.2) is 0 Å². The summed E-state index contributed by atoms with van der Waals surface area (Å²) in [6, 6.07) is 0. The molecule has 1 fully saturated rings. The monoisotopic (exact) mass is 268 g/mol. The summed E-state index contributed by atoms with van der Waals surface area (Å²) in [6.45, 7) is 4.03. The lowest BCUT2D eigenvalue weighted by molar-refractivity contribution is -0.142. The molecule has 4 atom stereocenters. The summed E-state index contributed by atoms with van der Waals surface area (Å²) in [4.78, 5) is 15.6. The van der Waals surface area contributed by atoms with Gasteiger partial charge in [-0.1, -0.05) is 19.0 Å². The predicted molar refractivity (Wildman–Crippen MR) is 66.6 cm³/mol.